The Bertz CT molecular complexity index is 825. The minimum absolute atomic E-state index is 0.265. The number of benzene rings is 2. The maximum Gasteiger partial charge on any atom is 0.132 e. The molecule has 2 aromatic carbocycles. The number of fused-ring (bicyclic) bond motifs is 1. The molecule has 1 heterocycles. The van der Waals surface area contributed by atoms with Crippen molar-refractivity contribution in [1.29, 1.82) is 0 Å². The lowest BCUT2D eigenvalue weighted by Crippen LogP contribution is -2.04. The molecule has 108 valence electrons. The summed E-state index contributed by atoms with van der Waals surface area (Å²) in [4.78, 5) is 4.57. The van der Waals surface area contributed by atoms with Crippen LogP contribution in [-0.2, 0) is 0 Å². The Kier molecular flexibility index (Phi) is 3.64. The lowest BCUT2D eigenvalue weighted by Gasteiger charge is -2.13. The number of halogens is 3. The summed E-state index contributed by atoms with van der Waals surface area (Å²) in [5, 5.41) is 0.345. The molecule has 3 aromatic rings. The molecule has 1 aromatic heterocycles. The van der Waals surface area contributed by atoms with Gasteiger partial charge in [0.25, 0.3) is 0 Å². The van der Waals surface area contributed by atoms with E-state index < -0.39 is 0 Å². The van der Waals surface area contributed by atoms with E-state index in [1.165, 1.54) is 12.1 Å². The van der Waals surface area contributed by atoms with Gasteiger partial charge in [-0.3, -0.25) is 4.57 Å². The van der Waals surface area contributed by atoms with Gasteiger partial charge in [-0.1, -0.05) is 11.6 Å². The summed E-state index contributed by atoms with van der Waals surface area (Å²) in [6.45, 7) is 3.72. The maximum absolute atomic E-state index is 13.4. The number of hydrogen-bond acceptors (Lipinski definition) is 1. The molecule has 1 unspecified atom stereocenters. The van der Waals surface area contributed by atoms with Crippen LogP contribution in [-0.4, -0.2) is 9.55 Å². The van der Waals surface area contributed by atoms with Gasteiger partial charge in [0.05, 0.1) is 22.1 Å². The molecule has 0 saturated heterocycles. The van der Waals surface area contributed by atoms with E-state index in [0.717, 1.165) is 22.3 Å². The molecule has 2 nitrogen and oxygen atoms in total. The second-order valence-electron chi connectivity index (χ2n) is 4.99. The second kappa shape index (κ2) is 5.32. The zero-order valence-electron chi connectivity index (χ0n) is 11.6. The molecule has 0 amide bonds. The van der Waals surface area contributed by atoms with Crippen LogP contribution in [0.15, 0.2) is 36.4 Å². The van der Waals surface area contributed by atoms with Gasteiger partial charge < -0.3 is 0 Å². The van der Waals surface area contributed by atoms with Gasteiger partial charge in [-0.2, -0.15) is 0 Å². The van der Waals surface area contributed by atoms with Gasteiger partial charge >= 0.3 is 0 Å². The first-order valence-electron chi connectivity index (χ1n) is 6.56. The number of alkyl halides is 1. The number of aryl methyl sites for hydroxylation is 1. The van der Waals surface area contributed by atoms with Crippen LogP contribution >= 0.6 is 23.2 Å². The van der Waals surface area contributed by atoms with Crippen LogP contribution in [0.1, 0.15) is 23.7 Å². The molecular formula is C16H13Cl2FN2. The SMILES string of the molecule is Cc1cc(F)ccc1-n1c(C(C)Cl)nc2ccc(Cl)cc21. The Morgan fingerprint density at radius 2 is 1.95 bits per heavy atom. The molecule has 0 saturated carbocycles. The highest BCUT2D eigenvalue weighted by atomic mass is 35.5. The summed E-state index contributed by atoms with van der Waals surface area (Å²) >= 11 is 12.4. The van der Waals surface area contributed by atoms with Crippen LogP contribution in [0.2, 0.25) is 5.02 Å². The first kappa shape index (κ1) is 14.4. The summed E-state index contributed by atoms with van der Waals surface area (Å²) in [5.41, 5.74) is 3.34. The fourth-order valence-electron chi connectivity index (χ4n) is 2.46. The average molecular weight is 323 g/mol. The van der Waals surface area contributed by atoms with Crippen molar-refractivity contribution in [2.24, 2.45) is 0 Å². The molecule has 3 rings (SSSR count). The van der Waals surface area contributed by atoms with Crippen molar-refractivity contribution in [3.8, 4) is 5.69 Å². The van der Waals surface area contributed by atoms with Crippen molar-refractivity contribution in [2.45, 2.75) is 19.2 Å². The zero-order valence-corrected chi connectivity index (χ0v) is 13.1. The molecule has 0 spiro atoms. The van der Waals surface area contributed by atoms with Gasteiger partial charge in [-0.15, -0.1) is 11.6 Å². The number of imidazole rings is 1. The normalized spacial score (nSPS) is 12.8. The smallest absolute Gasteiger partial charge is 0.132 e. The van der Waals surface area contributed by atoms with Crippen LogP contribution in [0.3, 0.4) is 0 Å². The summed E-state index contributed by atoms with van der Waals surface area (Å²) in [6, 6.07) is 10.2. The van der Waals surface area contributed by atoms with E-state index in [4.69, 9.17) is 23.2 Å². The van der Waals surface area contributed by atoms with Gasteiger partial charge in [0.2, 0.25) is 0 Å². The molecule has 21 heavy (non-hydrogen) atoms. The highest BCUT2D eigenvalue weighted by molar-refractivity contribution is 6.31. The van der Waals surface area contributed by atoms with Gasteiger partial charge in [-0.25, -0.2) is 9.37 Å². The topological polar surface area (TPSA) is 17.8 Å². The molecule has 0 bridgehead atoms. The van der Waals surface area contributed by atoms with E-state index in [9.17, 15) is 4.39 Å². The Hall–Kier alpha value is -1.58. The largest absolute Gasteiger partial charge is 0.295 e. The van der Waals surface area contributed by atoms with Crippen molar-refractivity contribution < 1.29 is 4.39 Å². The quantitative estimate of drug-likeness (QED) is 0.575. The van der Waals surface area contributed by atoms with Crippen LogP contribution in [0.5, 0.6) is 0 Å². The number of aromatic nitrogens is 2. The molecule has 0 aliphatic rings. The Morgan fingerprint density at radius 3 is 2.62 bits per heavy atom. The predicted octanol–water partition coefficient (Wildman–Crippen LogP) is 5.43. The van der Waals surface area contributed by atoms with E-state index in [-0.39, 0.29) is 11.2 Å². The van der Waals surface area contributed by atoms with Crippen LogP contribution < -0.4 is 0 Å². The number of nitrogens with zero attached hydrogens (tertiary/aromatic N) is 2. The molecule has 5 heteroatoms. The first-order chi connectivity index (χ1) is 9.97. The lowest BCUT2D eigenvalue weighted by atomic mass is 10.2. The van der Waals surface area contributed by atoms with Crippen molar-refractivity contribution in [3.05, 3.63) is 58.6 Å². The molecule has 0 aliphatic heterocycles. The fourth-order valence-corrected chi connectivity index (χ4v) is 2.77. The van der Waals surface area contributed by atoms with E-state index in [1.807, 2.05) is 30.5 Å². The minimum Gasteiger partial charge on any atom is -0.295 e. The van der Waals surface area contributed by atoms with Crippen LogP contribution in [0.4, 0.5) is 4.39 Å². The Morgan fingerprint density at radius 1 is 1.19 bits per heavy atom. The predicted molar refractivity (Wildman–Crippen MR) is 85.0 cm³/mol. The third-order valence-electron chi connectivity index (χ3n) is 3.40. The zero-order chi connectivity index (χ0) is 15.1. The van der Waals surface area contributed by atoms with Gasteiger partial charge in [0, 0.05) is 5.02 Å². The van der Waals surface area contributed by atoms with Gasteiger partial charge in [0.1, 0.15) is 11.6 Å². The molecule has 0 aliphatic carbocycles. The molecule has 0 fully saturated rings. The third kappa shape index (κ3) is 2.52. The third-order valence-corrected chi connectivity index (χ3v) is 3.83. The van der Waals surface area contributed by atoms with Crippen molar-refractivity contribution >= 4 is 34.2 Å². The highest BCUT2D eigenvalue weighted by Crippen LogP contribution is 2.31. The van der Waals surface area contributed by atoms with E-state index in [1.54, 1.807) is 12.1 Å². The van der Waals surface area contributed by atoms with Gasteiger partial charge in [-0.05, 0) is 55.8 Å². The average Bonchev–Trinajstić information content (AvgIpc) is 2.77. The Labute approximate surface area is 132 Å². The van der Waals surface area contributed by atoms with Crippen LogP contribution in [0, 0.1) is 12.7 Å². The van der Waals surface area contributed by atoms with Crippen LogP contribution in [0.25, 0.3) is 16.7 Å². The van der Waals surface area contributed by atoms with E-state index >= 15 is 0 Å². The maximum atomic E-state index is 13.4. The van der Waals surface area contributed by atoms with Crippen molar-refractivity contribution in [1.82, 2.24) is 9.55 Å². The highest BCUT2D eigenvalue weighted by Gasteiger charge is 2.18. The summed E-state index contributed by atoms with van der Waals surface area (Å²) in [6.07, 6.45) is 0. The van der Waals surface area contributed by atoms with Crippen molar-refractivity contribution in [3.63, 3.8) is 0 Å². The molecule has 0 N–H and O–H groups in total. The fraction of sp³-hybridized carbons (Fsp3) is 0.188. The first-order valence-corrected chi connectivity index (χ1v) is 7.37. The molecule has 0 radical (unpaired) electrons. The van der Waals surface area contributed by atoms with E-state index in [0.29, 0.717) is 10.8 Å². The van der Waals surface area contributed by atoms with Crippen molar-refractivity contribution in [2.75, 3.05) is 0 Å². The monoisotopic (exact) mass is 322 g/mol. The van der Waals surface area contributed by atoms with E-state index in [2.05, 4.69) is 4.98 Å². The number of rotatable bonds is 2. The summed E-state index contributed by atoms with van der Waals surface area (Å²) < 4.78 is 15.3. The molecule has 1 atom stereocenters. The second-order valence-corrected chi connectivity index (χ2v) is 6.08. The summed E-state index contributed by atoms with van der Waals surface area (Å²) in [5.74, 6) is 0.447. The van der Waals surface area contributed by atoms with Gasteiger partial charge in [0.15, 0.2) is 0 Å². The lowest BCUT2D eigenvalue weighted by molar-refractivity contribution is 0.626. The number of hydrogen-bond donors (Lipinski definition) is 0. The summed E-state index contributed by atoms with van der Waals surface area (Å²) in [7, 11) is 0. The molecular weight excluding hydrogens is 310 g/mol. The Balaban J connectivity index is 2.38. The standard InChI is InChI=1S/C16H13Cl2FN2/c1-9-7-12(19)4-6-14(9)21-15-8-11(18)3-5-13(15)20-16(21)10(2)17/h3-8,10H,1-2H3. The minimum atomic E-state index is -0.277.